The molecule has 1 N–H and O–H groups in total. The summed E-state index contributed by atoms with van der Waals surface area (Å²) < 4.78 is 16.3. The Morgan fingerprint density at radius 3 is 2.93 bits per heavy atom. The predicted molar refractivity (Wildman–Crippen MR) is 54.5 cm³/mol. The van der Waals surface area contributed by atoms with E-state index >= 15 is 0 Å². The van der Waals surface area contributed by atoms with Gasteiger partial charge in [0, 0.05) is 13.1 Å². The fourth-order valence-corrected chi connectivity index (χ4v) is 1.28. The molecule has 0 aliphatic carbocycles. The van der Waals surface area contributed by atoms with Crippen molar-refractivity contribution in [2.24, 2.45) is 0 Å². The lowest BCUT2D eigenvalue weighted by atomic mass is 10.3. The van der Waals surface area contributed by atoms with Crippen molar-refractivity contribution in [3.63, 3.8) is 0 Å². The highest BCUT2D eigenvalue weighted by molar-refractivity contribution is 4.65. The van der Waals surface area contributed by atoms with Crippen LogP contribution >= 0.6 is 0 Å². The Morgan fingerprint density at radius 1 is 1.43 bits per heavy atom. The van der Waals surface area contributed by atoms with Crippen LogP contribution in [-0.2, 0) is 14.2 Å². The number of morpholine rings is 1. The second kappa shape index (κ2) is 7.17. The van der Waals surface area contributed by atoms with E-state index in [1.54, 1.807) is 0 Å². The zero-order valence-electron chi connectivity index (χ0n) is 9.12. The zero-order valence-corrected chi connectivity index (χ0v) is 9.12. The van der Waals surface area contributed by atoms with Crippen LogP contribution in [0.25, 0.3) is 0 Å². The first kappa shape index (κ1) is 11.9. The normalized spacial score (nSPS) is 22.9. The van der Waals surface area contributed by atoms with Crippen molar-refractivity contribution in [1.29, 1.82) is 0 Å². The molecule has 0 saturated carbocycles. The molecule has 1 atom stereocenters. The van der Waals surface area contributed by atoms with Crippen LogP contribution in [0.4, 0.5) is 0 Å². The van der Waals surface area contributed by atoms with Gasteiger partial charge in [0.15, 0.2) is 0 Å². The maximum Gasteiger partial charge on any atom is 0.0933 e. The molecule has 0 aromatic heterocycles. The van der Waals surface area contributed by atoms with E-state index in [0.29, 0.717) is 19.8 Å². The van der Waals surface area contributed by atoms with Gasteiger partial charge >= 0.3 is 0 Å². The van der Waals surface area contributed by atoms with Gasteiger partial charge in [0.1, 0.15) is 0 Å². The molecule has 84 valence electrons. The van der Waals surface area contributed by atoms with Crippen LogP contribution < -0.4 is 5.32 Å². The van der Waals surface area contributed by atoms with Gasteiger partial charge in [-0.3, -0.25) is 0 Å². The van der Waals surface area contributed by atoms with Gasteiger partial charge in [0.05, 0.1) is 38.6 Å². The third-order valence-electron chi connectivity index (χ3n) is 1.99. The molecule has 1 aliphatic rings. The summed E-state index contributed by atoms with van der Waals surface area (Å²) in [5.41, 5.74) is 0. The monoisotopic (exact) mass is 203 g/mol. The van der Waals surface area contributed by atoms with Gasteiger partial charge in [-0.25, -0.2) is 0 Å². The van der Waals surface area contributed by atoms with Crippen molar-refractivity contribution in [3.05, 3.63) is 0 Å². The summed E-state index contributed by atoms with van der Waals surface area (Å²) in [5.74, 6) is 0. The topological polar surface area (TPSA) is 39.7 Å². The summed E-state index contributed by atoms with van der Waals surface area (Å²) in [4.78, 5) is 0. The quantitative estimate of drug-likeness (QED) is 0.635. The molecule has 14 heavy (non-hydrogen) atoms. The first-order chi connectivity index (χ1) is 6.79. The fourth-order valence-electron chi connectivity index (χ4n) is 1.28. The Kier molecular flexibility index (Phi) is 6.10. The first-order valence-corrected chi connectivity index (χ1v) is 5.30. The Bertz CT molecular complexity index is 135. The molecule has 0 radical (unpaired) electrons. The summed E-state index contributed by atoms with van der Waals surface area (Å²) in [6, 6.07) is 0. The van der Waals surface area contributed by atoms with Crippen molar-refractivity contribution in [3.8, 4) is 0 Å². The van der Waals surface area contributed by atoms with Gasteiger partial charge in [0.2, 0.25) is 0 Å². The highest BCUT2D eigenvalue weighted by Crippen LogP contribution is 1.96. The van der Waals surface area contributed by atoms with Crippen molar-refractivity contribution in [2.45, 2.75) is 26.1 Å². The number of hydrogen-bond donors (Lipinski definition) is 1. The number of ether oxygens (including phenoxy) is 3. The number of hydrogen-bond acceptors (Lipinski definition) is 4. The van der Waals surface area contributed by atoms with Crippen LogP contribution in [-0.4, -0.2) is 51.7 Å². The third kappa shape index (κ3) is 5.54. The van der Waals surface area contributed by atoms with E-state index in [1.165, 1.54) is 0 Å². The summed E-state index contributed by atoms with van der Waals surface area (Å²) in [7, 11) is 0. The van der Waals surface area contributed by atoms with Gasteiger partial charge in [-0.05, 0) is 13.8 Å². The SMILES string of the molecule is CC(C)OCCOCC1CNCCO1. The minimum Gasteiger partial charge on any atom is -0.376 e. The van der Waals surface area contributed by atoms with E-state index in [4.69, 9.17) is 14.2 Å². The minimum absolute atomic E-state index is 0.211. The summed E-state index contributed by atoms with van der Waals surface area (Å²) in [6.45, 7) is 8.65. The lowest BCUT2D eigenvalue weighted by Crippen LogP contribution is -2.41. The third-order valence-corrected chi connectivity index (χ3v) is 1.99. The lowest BCUT2D eigenvalue weighted by Gasteiger charge is -2.23. The number of nitrogens with one attached hydrogen (secondary N) is 1. The van der Waals surface area contributed by atoms with Gasteiger partial charge in [-0.1, -0.05) is 0 Å². The maximum atomic E-state index is 5.48. The highest BCUT2D eigenvalue weighted by Gasteiger charge is 2.12. The molecule has 0 bridgehead atoms. The predicted octanol–water partition coefficient (Wildman–Crippen LogP) is 0.416. The lowest BCUT2D eigenvalue weighted by molar-refractivity contribution is -0.0478. The van der Waals surface area contributed by atoms with Crippen LogP contribution in [0, 0.1) is 0 Å². The molecule has 1 unspecified atom stereocenters. The van der Waals surface area contributed by atoms with Gasteiger partial charge in [-0.15, -0.1) is 0 Å². The van der Waals surface area contributed by atoms with E-state index in [9.17, 15) is 0 Å². The summed E-state index contributed by atoms with van der Waals surface area (Å²) >= 11 is 0. The average Bonchev–Trinajstić information content (AvgIpc) is 2.18. The molecule has 1 aliphatic heterocycles. The fraction of sp³-hybridized carbons (Fsp3) is 1.00. The number of rotatable bonds is 6. The molecule has 0 aromatic rings. The van der Waals surface area contributed by atoms with E-state index in [0.717, 1.165) is 19.7 Å². The van der Waals surface area contributed by atoms with Gasteiger partial charge < -0.3 is 19.5 Å². The van der Waals surface area contributed by atoms with Gasteiger partial charge in [-0.2, -0.15) is 0 Å². The van der Waals surface area contributed by atoms with E-state index < -0.39 is 0 Å². The molecule has 0 aromatic carbocycles. The van der Waals surface area contributed by atoms with E-state index in [-0.39, 0.29) is 12.2 Å². The Hall–Kier alpha value is -0.160. The summed E-state index contributed by atoms with van der Waals surface area (Å²) in [5, 5.41) is 3.26. The Balaban J connectivity index is 1.87. The average molecular weight is 203 g/mol. The molecule has 0 spiro atoms. The van der Waals surface area contributed by atoms with Crippen LogP contribution in [0.15, 0.2) is 0 Å². The van der Waals surface area contributed by atoms with Crippen molar-refractivity contribution >= 4 is 0 Å². The first-order valence-electron chi connectivity index (χ1n) is 5.30. The Morgan fingerprint density at radius 2 is 2.29 bits per heavy atom. The molecular weight excluding hydrogens is 182 g/mol. The molecule has 0 amide bonds. The van der Waals surface area contributed by atoms with Gasteiger partial charge in [0.25, 0.3) is 0 Å². The molecule has 1 rings (SSSR count). The van der Waals surface area contributed by atoms with Crippen LogP contribution in [0.2, 0.25) is 0 Å². The largest absolute Gasteiger partial charge is 0.376 e. The molecule has 1 fully saturated rings. The van der Waals surface area contributed by atoms with Crippen LogP contribution in [0.5, 0.6) is 0 Å². The second-order valence-corrected chi connectivity index (χ2v) is 3.69. The van der Waals surface area contributed by atoms with E-state index in [1.807, 2.05) is 13.8 Å². The highest BCUT2D eigenvalue weighted by atomic mass is 16.6. The molecule has 4 heteroatoms. The minimum atomic E-state index is 0.211. The molecular formula is C10H21NO3. The second-order valence-electron chi connectivity index (χ2n) is 3.69. The standard InChI is InChI=1S/C10H21NO3/c1-9(2)13-6-5-12-8-10-7-11-3-4-14-10/h9-11H,3-8H2,1-2H3. The molecule has 1 saturated heterocycles. The summed E-state index contributed by atoms with van der Waals surface area (Å²) in [6.07, 6.45) is 0.494. The molecule has 1 heterocycles. The van der Waals surface area contributed by atoms with Crippen molar-refractivity contribution in [1.82, 2.24) is 5.32 Å². The Labute approximate surface area is 85.9 Å². The van der Waals surface area contributed by atoms with Crippen molar-refractivity contribution < 1.29 is 14.2 Å². The smallest absolute Gasteiger partial charge is 0.0933 e. The molecule has 4 nitrogen and oxygen atoms in total. The van der Waals surface area contributed by atoms with E-state index in [2.05, 4.69) is 5.32 Å². The van der Waals surface area contributed by atoms with Crippen molar-refractivity contribution in [2.75, 3.05) is 39.5 Å². The maximum absolute atomic E-state index is 5.48. The zero-order chi connectivity index (χ0) is 10.2. The van der Waals surface area contributed by atoms with Crippen LogP contribution in [0.1, 0.15) is 13.8 Å². The van der Waals surface area contributed by atoms with Crippen LogP contribution in [0.3, 0.4) is 0 Å².